The van der Waals surface area contributed by atoms with Crippen LogP contribution in [0.1, 0.15) is 157 Å². The highest BCUT2D eigenvalue weighted by Crippen LogP contribution is 2.59. The van der Waals surface area contributed by atoms with Gasteiger partial charge < -0.3 is 24.6 Å². The van der Waals surface area contributed by atoms with Crippen molar-refractivity contribution in [3.8, 4) is 5.75 Å². The third-order valence-electron chi connectivity index (χ3n) is 14.4. The van der Waals surface area contributed by atoms with E-state index < -0.39 is 29.6 Å². The zero-order valence-corrected chi connectivity index (χ0v) is 35.3. The summed E-state index contributed by atoms with van der Waals surface area (Å²) in [7, 11) is 0. The van der Waals surface area contributed by atoms with Crippen LogP contribution in [-0.4, -0.2) is 57.7 Å². The van der Waals surface area contributed by atoms with Crippen molar-refractivity contribution in [1.29, 1.82) is 0 Å². The zero-order chi connectivity index (χ0) is 41.8. The Balaban J connectivity index is 1.38. The van der Waals surface area contributed by atoms with Gasteiger partial charge in [0, 0.05) is 23.4 Å². The van der Waals surface area contributed by atoms with Gasteiger partial charge in [-0.2, -0.15) is 0 Å². The van der Waals surface area contributed by atoms with E-state index in [1.54, 1.807) is 4.90 Å². The Bertz CT molecular complexity index is 1750. The number of alkyl halides is 3. The Morgan fingerprint density at radius 2 is 1.69 bits per heavy atom. The Hall–Kier alpha value is -3.37. The number of aliphatic hydroxyl groups excluding tert-OH is 1. The molecule has 5 aliphatic carbocycles. The van der Waals surface area contributed by atoms with Gasteiger partial charge in [-0.25, -0.2) is 4.79 Å². The third kappa shape index (κ3) is 10.5. The van der Waals surface area contributed by atoms with Gasteiger partial charge in [0.25, 0.3) is 0 Å². The lowest BCUT2D eigenvalue weighted by Gasteiger charge is -2.46. The molecule has 58 heavy (non-hydrogen) atoms. The predicted molar refractivity (Wildman–Crippen MR) is 219 cm³/mol. The van der Waals surface area contributed by atoms with Crippen LogP contribution in [0.2, 0.25) is 0 Å². The summed E-state index contributed by atoms with van der Waals surface area (Å²) in [5.74, 6) is 0.430. The maximum atomic E-state index is 14.5. The Labute approximate surface area is 343 Å². The molecule has 0 radical (unpaired) electrons. The summed E-state index contributed by atoms with van der Waals surface area (Å²) in [6.07, 6.45) is 7.71. The number of benzene rings is 2. The van der Waals surface area contributed by atoms with Crippen LogP contribution >= 0.6 is 0 Å². The minimum atomic E-state index is -4.83. The average Bonchev–Trinajstić information content (AvgIpc) is 3.42. The highest BCUT2D eigenvalue weighted by molar-refractivity contribution is 5.99. The van der Waals surface area contributed by atoms with Crippen LogP contribution in [0.15, 0.2) is 54.1 Å². The van der Waals surface area contributed by atoms with Crippen molar-refractivity contribution < 1.29 is 42.4 Å². The minimum Gasteiger partial charge on any atom is -0.446 e. The summed E-state index contributed by atoms with van der Waals surface area (Å²) in [5, 5.41) is 24.2. The van der Waals surface area contributed by atoms with E-state index in [0.29, 0.717) is 61.5 Å². The number of rotatable bonds is 9. The quantitative estimate of drug-likeness (QED) is 0.193. The van der Waals surface area contributed by atoms with Crippen LogP contribution in [0.25, 0.3) is 0 Å². The first kappa shape index (κ1) is 44.2. The summed E-state index contributed by atoms with van der Waals surface area (Å²) < 4.78 is 49.6. The summed E-state index contributed by atoms with van der Waals surface area (Å²) in [6, 6.07) is 11.6. The Kier molecular flexibility index (Phi) is 14.1. The second kappa shape index (κ2) is 18.5. The van der Waals surface area contributed by atoms with Crippen molar-refractivity contribution in [2.24, 2.45) is 29.1 Å². The molecule has 7 rings (SSSR count). The maximum Gasteiger partial charge on any atom is 0.573 e. The van der Waals surface area contributed by atoms with Gasteiger partial charge in [-0.1, -0.05) is 89.3 Å². The molecule has 0 saturated heterocycles. The average molecular weight is 810 g/mol. The molecule has 2 aromatic carbocycles. The van der Waals surface area contributed by atoms with Crippen LogP contribution < -0.4 is 4.74 Å². The van der Waals surface area contributed by atoms with Crippen LogP contribution in [0.3, 0.4) is 0 Å². The number of amides is 1. The van der Waals surface area contributed by atoms with Crippen LogP contribution in [0, 0.1) is 29.1 Å². The maximum absolute atomic E-state index is 14.5. The van der Waals surface area contributed by atoms with Crippen LogP contribution in [0.4, 0.5) is 18.0 Å². The molecule has 3 saturated carbocycles. The van der Waals surface area contributed by atoms with Gasteiger partial charge in [-0.3, -0.25) is 4.79 Å². The van der Waals surface area contributed by atoms with Crippen molar-refractivity contribution in [2.45, 2.75) is 168 Å². The molecular formula is C48H66F3NO6. The second-order valence-electron chi connectivity index (χ2n) is 18.9. The van der Waals surface area contributed by atoms with Gasteiger partial charge in [0.15, 0.2) is 5.78 Å². The van der Waals surface area contributed by atoms with Gasteiger partial charge in [0.1, 0.15) is 11.9 Å². The number of halogens is 3. The zero-order valence-electron chi connectivity index (χ0n) is 35.3. The fraction of sp³-hybridized carbons (Fsp3) is 0.667. The van der Waals surface area contributed by atoms with E-state index in [9.17, 15) is 33.0 Å². The normalized spacial score (nSPS) is 30.0. The lowest BCUT2D eigenvalue weighted by molar-refractivity contribution is -0.274. The number of aliphatic hydroxyl groups is 2. The van der Waals surface area contributed by atoms with Crippen molar-refractivity contribution in [2.75, 3.05) is 6.54 Å². The number of carbonyl (C=O) groups excluding carboxylic acids is 2. The van der Waals surface area contributed by atoms with E-state index in [2.05, 4.69) is 51.5 Å². The molecule has 320 valence electrons. The van der Waals surface area contributed by atoms with Gasteiger partial charge in [-0.05, 0) is 136 Å². The third-order valence-corrected chi connectivity index (χ3v) is 14.4. The molecular weight excluding hydrogens is 744 g/mol. The predicted octanol–water partition coefficient (Wildman–Crippen LogP) is 11.5. The van der Waals surface area contributed by atoms with E-state index in [0.717, 1.165) is 68.9 Å². The van der Waals surface area contributed by atoms with E-state index >= 15 is 0 Å². The first-order valence-electron chi connectivity index (χ1n) is 22.0. The highest BCUT2D eigenvalue weighted by Gasteiger charge is 2.58. The smallest absolute Gasteiger partial charge is 0.446 e. The monoisotopic (exact) mass is 809 g/mol. The number of hydrogen-bond acceptors (Lipinski definition) is 6. The summed E-state index contributed by atoms with van der Waals surface area (Å²) in [5.41, 5.74) is 2.13. The van der Waals surface area contributed by atoms with E-state index in [-0.39, 0.29) is 48.5 Å². The fourth-order valence-corrected chi connectivity index (χ4v) is 10.8. The molecule has 0 spiro atoms. The number of ketones is 1. The molecule has 3 fully saturated rings. The molecule has 2 aromatic rings. The number of Topliss-reactive ketones (excluding diaryl/α,β-unsaturated/α-hetero) is 1. The highest BCUT2D eigenvalue weighted by atomic mass is 19.4. The summed E-state index contributed by atoms with van der Waals surface area (Å²) >= 11 is 0. The molecule has 5 aliphatic rings. The molecule has 2 N–H and O–H groups in total. The molecule has 0 aromatic heterocycles. The van der Waals surface area contributed by atoms with E-state index in [4.69, 9.17) is 4.74 Å². The first-order valence-corrected chi connectivity index (χ1v) is 22.0. The number of hydrogen-bond donors (Lipinski definition) is 2. The number of carbonyl (C=O) groups is 2. The standard InChI is InChI=1S/C48H66F3NO6/c1-31(2)39-21-14-33(4)26-43(39)57-45(55)52(29-34-15-19-38(20-16-34)58-48(49,50)51)30-47(56)25-23-42-40-22-17-35(28-41(40)44(54)36-11-7-6-8-12-36)27-37(53)18-13-32(3)10-9-24-46(42,47)5/h10,15-17,19-20,22,28,31,33,36-37,39,42-43,53,56H,6-9,11-14,18,21,23-27,29-30H2,1-5H3/t33-,37-,39+,42-,43-,46-,47+/m0/s1. The van der Waals surface area contributed by atoms with Gasteiger partial charge >= 0.3 is 12.5 Å². The molecule has 2 bridgehead atoms. The number of nitrogens with zero attached hydrogens (tertiary/aromatic N) is 1. The SMILES string of the molecule is CC1=CCC[C@@]2(C)[C@@H](CC[C@@]2(O)CN(Cc2ccc(OC(F)(F)F)cc2)C(=O)O[C@H]2C[C@@H](C)CC[C@@H]2C(C)C)c2ccc(cc2C(=O)C2CCCCC2)C[C@@H](O)CC1. The lowest BCUT2D eigenvalue weighted by atomic mass is 9.64. The molecule has 1 amide bonds. The number of allylic oxidation sites excluding steroid dienone is 2. The fourth-order valence-electron chi connectivity index (χ4n) is 10.8. The van der Waals surface area contributed by atoms with Crippen LogP contribution in [-0.2, 0) is 17.7 Å². The number of ether oxygens (including phenoxy) is 2. The van der Waals surface area contributed by atoms with E-state index in [1.165, 1.54) is 29.8 Å². The Morgan fingerprint density at radius 3 is 2.38 bits per heavy atom. The summed E-state index contributed by atoms with van der Waals surface area (Å²) in [4.78, 5) is 30.6. The molecule has 7 nitrogen and oxygen atoms in total. The van der Waals surface area contributed by atoms with Gasteiger partial charge in [0.05, 0.1) is 18.2 Å². The van der Waals surface area contributed by atoms with Gasteiger partial charge in [-0.15, -0.1) is 13.2 Å². The minimum absolute atomic E-state index is 0.0181. The van der Waals surface area contributed by atoms with Crippen molar-refractivity contribution in [1.82, 2.24) is 4.90 Å². The molecule has 0 unspecified atom stereocenters. The van der Waals surface area contributed by atoms with Gasteiger partial charge in [0.2, 0.25) is 0 Å². The van der Waals surface area contributed by atoms with Crippen molar-refractivity contribution in [3.63, 3.8) is 0 Å². The van der Waals surface area contributed by atoms with Crippen molar-refractivity contribution >= 4 is 11.9 Å². The Morgan fingerprint density at radius 1 is 0.966 bits per heavy atom. The summed E-state index contributed by atoms with van der Waals surface area (Å²) in [6.45, 7) is 10.6. The molecule has 0 heterocycles. The van der Waals surface area contributed by atoms with Crippen LogP contribution in [0.5, 0.6) is 5.75 Å². The number of fused-ring (bicyclic) bond motifs is 8. The first-order chi connectivity index (χ1) is 27.4. The van der Waals surface area contributed by atoms with Crippen molar-refractivity contribution in [3.05, 3.63) is 76.4 Å². The molecule has 7 atom stereocenters. The molecule has 10 heteroatoms. The van der Waals surface area contributed by atoms with E-state index in [1.807, 2.05) is 12.1 Å². The second-order valence-corrected chi connectivity index (χ2v) is 18.9. The topological polar surface area (TPSA) is 96.3 Å². The molecule has 0 aliphatic heterocycles. The lowest BCUT2D eigenvalue weighted by Crippen LogP contribution is -2.54. The largest absolute Gasteiger partial charge is 0.573 e.